The van der Waals surface area contributed by atoms with Crippen molar-refractivity contribution in [2.45, 2.75) is 90.6 Å². The van der Waals surface area contributed by atoms with Crippen molar-refractivity contribution in [3.05, 3.63) is 104 Å². The number of fused-ring (bicyclic) bond motifs is 3. The van der Waals surface area contributed by atoms with E-state index in [1.807, 2.05) is 35.8 Å². The molecule has 1 saturated heterocycles. The molecule has 3 N–H and O–H groups in total. The Labute approximate surface area is 372 Å². The van der Waals surface area contributed by atoms with Gasteiger partial charge in [-0.1, -0.05) is 61.5 Å². The molecule has 3 aliphatic rings. The number of aryl methyl sites for hydroxylation is 2. The Kier molecular flexibility index (Phi) is 12.8. The van der Waals surface area contributed by atoms with Gasteiger partial charge in [-0.15, -0.1) is 21.5 Å². The van der Waals surface area contributed by atoms with Crippen LogP contribution < -0.4 is 20.7 Å². The molecular weight excluding hydrogens is 844 g/mol. The van der Waals surface area contributed by atoms with Gasteiger partial charge in [-0.3, -0.25) is 48.5 Å². The first kappa shape index (κ1) is 43.4. The summed E-state index contributed by atoms with van der Waals surface area (Å²) in [5.41, 5.74) is 4.34. The van der Waals surface area contributed by atoms with Crippen LogP contribution >= 0.6 is 22.9 Å². The van der Waals surface area contributed by atoms with Crippen LogP contribution in [0.1, 0.15) is 118 Å². The standard InChI is InChI=1S/C46H47ClN8O7S/c1-25-26(2)63-46-39(25)41(28-13-15-30(47)16-14-28)50-34(42-53-52-27(3)54(42)46)23-37(57)48-19-8-6-4-5-7-9-20-49-38(58)24-62-31-21-29-11-10-12-32-40(29)33(22-31)45(61)55(44(32)60)35-17-18-36(56)51-43(35)59/h10-16,21-22,34-35H,4-9,17-20,23-24H2,1-3H3,(H,48,57)(H,49,58)(H,51,56,59)/t34-,35?/m0/s1. The molecule has 63 heavy (non-hydrogen) atoms. The first-order chi connectivity index (χ1) is 30.4. The van der Waals surface area contributed by atoms with Crippen LogP contribution in [-0.2, 0) is 19.2 Å². The second-order valence-corrected chi connectivity index (χ2v) is 17.7. The second kappa shape index (κ2) is 18.6. The summed E-state index contributed by atoms with van der Waals surface area (Å²) in [5, 5.41) is 19.7. The molecule has 1 fully saturated rings. The van der Waals surface area contributed by atoms with Gasteiger partial charge in [-0.2, -0.15) is 0 Å². The van der Waals surface area contributed by atoms with Crippen LogP contribution in [0.2, 0.25) is 5.02 Å². The number of ether oxygens (including phenoxy) is 1. The SMILES string of the molecule is Cc1sc2c(c1C)C(c1ccc(Cl)cc1)=N[C@@H](CC(=O)NCCCCCCCCNC(=O)COc1cc3c4c(cccc4c1)C(=O)N(C1CCC(=O)NC1=O)C3=O)c1nnc(C)n1-2. The molecule has 0 spiro atoms. The van der Waals surface area contributed by atoms with Crippen molar-refractivity contribution in [3.63, 3.8) is 0 Å². The minimum Gasteiger partial charge on any atom is -0.484 e. The largest absolute Gasteiger partial charge is 0.484 e. The van der Waals surface area contributed by atoms with E-state index in [4.69, 9.17) is 21.3 Å². The lowest BCUT2D eigenvalue weighted by atomic mass is 9.91. The van der Waals surface area contributed by atoms with Gasteiger partial charge < -0.3 is 15.4 Å². The predicted molar refractivity (Wildman–Crippen MR) is 238 cm³/mol. The molecule has 2 aromatic heterocycles. The number of unbranched alkanes of at least 4 members (excludes halogenated alkanes) is 5. The average Bonchev–Trinajstić information content (AvgIpc) is 3.74. The van der Waals surface area contributed by atoms with Crippen molar-refractivity contribution < 1.29 is 33.5 Å². The molecule has 3 aliphatic heterocycles. The molecule has 3 aromatic carbocycles. The van der Waals surface area contributed by atoms with Gasteiger partial charge in [0.05, 0.1) is 17.7 Å². The Morgan fingerprint density at radius 1 is 0.873 bits per heavy atom. The van der Waals surface area contributed by atoms with E-state index in [9.17, 15) is 28.8 Å². The van der Waals surface area contributed by atoms with Crippen molar-refractivity contribution >= 4 is 74.9 Å². The molecule has 5 heterocycles. The Hall–Kier alpha value is -6.26. The van der Waals surface area contributed by atoms with Crippen LogP contribution in [0, 0.1) is 20.8 Å². The Bertz CT molecular complexity index is 2690. The minimum absolute atomic E-state index is 0.0149. The third kappa shape index (κ3) is 9.00. The first-order valence-corrected chi connectivity index (χ1v) is 22.4. The molecule has 5 aromatic rings. The molecule has 0 radical (unpaired) electrons. The zero-order valence-electron chi connectivity index (χ0n) is 35.2. The molecule has 0 aliphatic carbocycles. The zero-order valence-corrected chi connectivity index (χ0v) is 36.8. The summed E-state index contributed by atoms with van der Waals surface area (Å²) in [6.07, 6.45) is 5.67. The highest BCUT2D eigenvalue weighted by molar-refractivity contribution is 7.15. The van der Waals surface area contributed by atoms with Crippen LogP contribution in [-0.4, -0.2) is 86.6 Å². The molecule has 8 rings (SSSR count). The lowest BCUT2D eigenvalue weighted by molar-refractivity contribution is -0.136. The maximum atomic E-state index is 13.6. The number of hydrogen-bond donors (Lipinski definition) is 3. The summed E-state index contributed by atoms with van der Waals surface area (Å²) < 4.78 is 7.83. The van der Waals surface area contributed by atoms with E-state index in [-0.39, 0.29) is 54.6 Å². The van der Waals surface area contributed by atoms with Crippen molar-refractivity contribution in [2.24, 2.45) is 4.99 Å². The van der Waals surface area contributed by atoms with E-state index in [1.165, 1.54) is 10.9 Å². The van der Waals surface area contributed by atoms with Gasteiger partial charge in [-0.05, 0) is 81.3 Å². The number of aliphatic imine (C=N–C) groups is 1. The van der Waals surface area contributed by atoms with Gasteiger partial charge in [0.1, 0.15) is 28.7 Å². The van der Waals surface area contributed by atoms with Gasteiger partial charge in [-0.25, -0.2) is 0 Å². The quantitative estimate of drug-likeness (QED) is 0.0743. The van der Waals surface area contributed by atoms with Gasteiger partial charge in [0.25, 0.3) is 17.7 Å². The smallest absolute Gasteiger partial charge is 0.262 e. The summed E-state index contributed by atoms with van der Waals surface area (Å²) in [7, 11) is 0. The highest BCUT2D eigenvalue weighted by atomic mass is 35.5. The molecule has 326 valence electrons. The van der Waals surface area contributed by atoms with Gasteiger partial charge in [0.2, 0.25) is 17.7 Å². The highest BCUT2D eigenvalue weighted by Crippen LogP contribution is 2.40. The van der Waals surface area contributed by atoms with Crippen LogP contribution in [0.5, 0.6) is 5.75 Å². The number of amides is 6. The monoisotopic (exact) mass is 890 g/mol. The lowest BCUT2D eigenvalue weighted by Crippen LogP contribution is -2.57. The third-order valence-electron chi connectivity index (χ3n) is 11.7. The van der Waals surface area contributed by atoms with E-state index in [2.05, 4.69) is 40.0 Å². The van der Waals surface area contributed by atoms with Gasteiger partial charge in [0.15, 0.2) is 12.4 Å². The number of imide groups is 2. The minimum atomic E-state index is -1.11. The normalized spacial score (nSPS) is 16.9. The van der Waals surface area contributed by atoms with Crippen LogP contribution in [0.25, 0.3) is 15.8 Å². The van der Waals surface area contributed by atoms with E-state index in [0.717, 1.165) is 76.7 Å². The summed E-state index contributed by atoms with van der Waals surface area (Å²) in [6.45, 7) is 6.87. The molecule has 1 unspecified atom stereocenters. The van der Waals surface area contributed by atoms with Crippen LogP contribution in [0.15, 0.2) is 59.6 Å². The van der Waals surface area contributed by atoms with E-state index >= 15 is 0 Å². The number of thiophene rings is 1. The second-order valence-electron chi connectivity index (χ2n) is 16.0. The number of piperidine rings is 1. The Morgan fingerprint density at radius 3 is 2.30 bits per heavy atom. The third-order valence-corrected chi connectivity index (χ3v) is 13.2. The molecule has 17 heteroatoms. The van der Waals surface area contributed by atoms with E-state index in [0.29, 0.717) is 34.7 Å². The molecule has 2 atom stereocenters. The van der Waals surface area contributed by atoms with Gasteiger partial charge >= 0.3 is 0 Å². The number of aromatic nitrogens is 3. The van der Waals surface area contributed by atoms with E-state index in [1.54, 1.807) is 35.6 Å². The van der Waals surface area contributed by atoms with E-state index < -0.39 is 35.7 Å². The average molecular weight is 891 g/mol. The molecule has 0 saturated carbocycles. The van der Waals surface area contributed by atoms with Crippen molar-refractivity contribution in [2.75, 3.05) is 19.7 Å². The van der Waals surface area contributed by atoms with Crippen molar-refractivity contribution in [3.8, 4) is 10.8 Å². The molecular formula is C46H47ClN8O7S. The molecule has 0 bridgehead atoms. The fraction of sp³-hybridized carbons (Fsp3) is 0.370. The highest BCUT2D eigenvalue weighted by Gasteiger charge is 2.43. The Morgan fingerprint density at radius 2 is 1.57 bits per heavy atom. The number of carbonyl (C=O) groups excluding carboxylic acids is 6. The topological polar surface area (TPSA) is 194 Å². The number of nitrogens with zero attached hydrogens (tertiary/aromatic N) is 5. The fourth-order valence-electron chi connectivity index (χ4n) is 8.39. The van der Waals surface area contributed by atoms with Crippen molar-refractivity contribution in [1.82, 2.24) is 35.6 Å². The van der Waals surface area contributed by atoms with Crippen LogP contribution in [0.3, 0.4) is 0 Å². The summed E-state index contributed by atoms with van der Waals surface area (Å²) in [5.74, 6) is -1.16. The number of hydrogen-bond acceptors (Lipinski definition) is 11. The summed E-state index contributed by atoms with van der Waals surface area (Å²) in [6, 6.07) is 14.2. The number of rotatable bonds is 16. The summed E-state index contributed by atoms with van der Waals surface area (Å²) in [4.78, 5) is 84.6. The fourth-order valence-corrected chi connectivity index (χ4v) is 9.73. The molecule has 6 amide bonds. The predicted octanol–water partition coefficient (Wildman–Crippen LogP) is 6.40. The number of benzene rings is 3. The maximum absolute atomic E-state index is 13.6. The number of carbonyl (C=O) groups is 6. The summed E-state index contributed by atoms with van der Waals surface area (Å²) >= 11 is 7.90. The van der Waals surface area contributed by atoms with Gasteiger partial charge in [0, 0.05) is 51.5 Å². The Balaban J connectivity index is 0.759. The van der Waals surface area contributed by atoms with Crippen LogP contribution in [0.4, 0.5) is 0 Å². The first-order valence-electron chi connectivity index (χ1n) is 21.2. The maximum Gasteiger partial charge on any atom is 0.262 e. The number of nitrogens with one attached hydrogen (secondary N) is 3. The van der Waals surface area contributed by atoms with Crippen molar-refractivity contribution in [1.29, 1.82) is 0 Å². The zero-order chi connectivity index (χ0) is 44.4. The molecule has 15 nitrogen and oxygen atoms in total. The number of halogens is 1. The lowest BCUT2D eigenvalue weighted by Gasteiger charge is -2.34.